The van der Waals surface area contributed by atoms with Crippen molar-refractivity contribution < 1.29 is 9.90 Å². The number of benzene rings is 1. The Kier molecular flexibility index (Phi) is 5.94. The first-order valence-electron chi connectivity index (χ1n) is 9.96. The van der Waals surface area contributed by atoms with Gasteiger partial charge in [0.15, 0.2) is 5.43 Å². The maximum Gasteiger partial charge on any atom is 0.341 e. The molecule has 154 valence electrons. The Balaban J connectivity index is 0.000000552. The Morgan fingerprint density at radius 1 is 1.10 bits per heavy atom. The monoisotopic (exact) mass is 395 g/mol. The lowest BCUT2D eigenvalue weighted by molar-refractivity contribution is 0.0691. The quantitative estimate of drug-likeness (QED) is 0.842. The average Bonchev–Trinajstić information content (AvgIpc) is 2.98. The maximum atomic E-state index is 12.2. The van der Waals surface area contributed by atoms with Gasteiger partial charge in [0.1, 0.15) is 5.56 Å². The molecule has 0 unspecified atom stereocenters. The molecule has 2 aliphatic heterocycles. The fourth-order valence-corrected chi connectivity index (χ4v) is 3.59. The molecule has 6 nitrogen and oxygen atoms in total. The van der Waals surface area contributed by atoms with Crippen molar-refractivity contribution in [1.82, 2.24) is 14.6 Å². The number of aryl methyl sites for hydroxylation is 1. The van der Waals surface area contributed by atoms with Gasteiger partial charge in [0.05, 0.1) is 17.9 Å². The molecule has 6 heteroatoms. The third kappa shape index (κ3) is 4.27. The van der Waals surface area contributed by atoms with Gasteiger partial charge >= 0.3 is 5.97 Å². The zero-order valence-electron chi connectivity index (χ0n) is 17.8. The van der Waals surface area contributed by atoms with E-state index in [0.29, 0.717) is 6.54 Å². The van der Waals surface area contributed by atoms with Crippen LogP contribution >= 0.6 is 0 Å². The third-order valence-electron chi connectivity index (χ3n) is 4.90. The van der Waals surface area contributed by atoms with Gasteiger partial charge in [0, 0.05) is 38.0 Å². The van der Waals surface area contributed by atoms with Crippen molar-refractivity contribution in [3.63, 3.8) is 0 Å². The van der Waals surface area contributed by atoms with Gasteiger partial charge in [0.25, 0.3) is 0 Å². The van der Waals surface area contributed by atoms with Gasteiger partial charge in [-0.05, 0) is 18.4 Å². The fourth-order valence-electron chi connectivity index (χ4n) is 3.59. The number of carbonyl (C=O) groups is 1. The highest BCUT2D eigenvalue weighted by Crippen LogP contribution is 2.38. The molecule has 0 aliphatic carbocycles. The summed E-state index contributed by atoms with van der Waals surface area (Å²) in [7, 11) is 2.03. The molecule has 0 amide bonds. The summed E-state index contributed by atoms with van der Waals surface area (Å²) in [4.78, 5) is 23.5. The Hall–Kier alpha value is -2.86. The van der Waals surface area contributed by atoms with Gasteiger partial charge < -0.3 is 14.7 Å². The largest absolute Gasteiger partial charge is 0.477 e. The van der Waals surface area contributed by atoms with Gasteiger partial charge in [-0.3, -0.25) is 4.79 Å². The van der Waals surface area contributed by atoms with Crippen LogP contribution in [0.5, 0.6) is 0 Å². The summed E-state index contributed by atoms with van der Waals surface area (Å²) in [5.74, 6) is -0.348. The smallest absolute Gasteiger partial charge is 0.341 e. The molecule has 1 aromatic heterocycles. The highest BCUT2D eigenvalue weighted by atomic mass is 16.4. The van der Waals surface area contributed by atoms with Crippen LogP contribution in [0.25, 0.3) is 11.3 Å². The van der Waals surface area contributed by atoms with Crippen molar-refractivity contribution in [2.24, 2.45) is 5.92 Å². The number of hydrazine groups is 1. The lowest BCUT2D eigenvalue weighted by Crippen LogP contribution is -2.40. The second-order valence-corrected chi connectivity index (χ2v) is 8.30. The van der Waals surface area contributed by atoms with Gasteiger partial charge in [-0.2, -0.15) is 0 Å². The summed E-state index contributed by atoms with van der Waals surface area (Å²) >= 11 is 0. The lowest BCUT2D eigenvalue weighted by atomic mass is 10.00. The Bertz CT molecular complexity index is 1000. The summed E-state index contributed by atoms with van der Waals surface area (Å²) in [6.07, 6.45) is 1.47. The Labute approximate surface area is 171 Å². The van der Waals surface area contributed by atoms with Gasteiger partial charge in [-0.1, -0.05) is 50.6 Å². The van der Waals surface area contributed by atoms with Crippen LogP contribution in [0.2, 0.25) is 0 Å². The molecule has 1 N–H and O–H groups in total. The van der Waals surface area contributed by atoms with E-state index in [4.69, 9.17) is 0 Å². The average molecular weight is 396 g/mol. The molecule has 0 saturated carbocycles. The summed E-state index contributed by atoms with van der Waals surface area (Å²) in [5, 5.41) is 13.5. The minimum atomic E-state index is -1.18. The SMILES string of the molecule is CC(C)C.Cc1ccc(C2=C3c4cc(=O)c(C(=O)O)cn4CCN3N(C)C2)cc1. The zero-order chi connectivity index (χ0) is 21.3. The summed E-state index contributed by atoms with van der Waals surface area (Å²) in [6.45, 7) is 10.7. The molecule has 2 aromatic rings. The number of rotatable bonds is 2. The number of aromatic nitrogens is 1. The third-order valence-corrected chi connectivity index (χ3v) is 4.90. The number of hydrogen-bond donors (Lipinski definition) is 1. The number of aromatic carboxylic acids is 1. The second-order valence-electron chi connectivity index (χ2n) is 8.30. The topological polar surface area (TPSA) is 65.8 Å². The van der Waals surface area contributed by atoms with E-state index in [1.165, 1.54) is 17.8 Å². The highest BCUT2D eigenvalue weighted by molar-refractivity contribution is 5.93. The molecule has 4 rings (SSSR count). The number of fused-ring (bicyclic) bond motifs is 3. The van der Waals surface area contributed by atoms with Crippen molar-refractivity contribution in [2.45, 2.75) is 34.2 Å². The van der Waals surface area contributed by atoms with Crippen LogP contribution < -0.4 is 5.43 Å². The predicted molar refractivity (Wildman–Crippen MR) is 116 cm³/mol. The normalized spacial score (nSPS) is 15.7. The van der Waals surface area contributed by atoms with Crippen molar-refractivity contribution >= 4 is 17.2 Å². The molecule has 0 spiro atoms. The minimum absolute atomic E-state index is 0.180. The van der Waals surface area contributed by atoms with Crippen molar-refractivity contribution in [1.29, 1.82) is 0 Å². The molecule has 0 radical (unpaired) electrons. The number of nitrogens with zero attached hydrogens (tertiary/aromatic N) is 3. The van der Waals surface area contributed by atoms with Crippen LogP contribution in [0.15, 0.2) is 41.3 Å². The van der Waals surface area contributed by atoms with Crippen molar-refractivity contribution in [2.75, 3.05) is 20.1 Å². The van der Waals surface area contributed by atoms with E-state index < -0.39 is 11.4 Å². The molecule has 0 bridgehead atoms. The standard InChI is InChI=1S/C19H19N3O3.C4H10/c1-12-3-5-13(6-4-12)14-10-20(2)22-8-7-21-11-15(19(24)25)17(23)9-16(21)18(14)22;1-4(2)3/h3-6,9,11H,7-8,10H2,1-2H3,(H,24,25);4H,1-3H3. The van der Waals surface area contributed by atoms with E-state index in [9.17, 15) is 14.7 Å². The number of hydrogen-bond acceptors (Lipinski definition) is 4. The first-order chi connectivity index (χ1) is 13.7. The first kappa shape index (κ1) is 20.9. The lowest BCUT2D eigenvalue weighted by Gasteiger charge is -2.35. The van der Waals surface area contributed by atoms with Crippen LogP contribution in [0.4, 0.5) is 0 Å². The molecule has 0 fully saturated rings. The number of likely N-dealkylation sites (N-methyl/N-ethyl adjacent to an activating group) is 1. The molecule has 0 saturated heterocycles. The molecule has 29 heavy (non-hydrogen) atoms. The van der Waals surface area contributed by atoms with E-state index >= 15 is 0 Å². The van der Waals surface area contributed by atoms with Crippen LogP contribution in [-0.2, 0) is 6.54 Å². The van der Waals surface area contributed by atoms with Gasteiger partial charge in [0.2, 0.25) is 0 Å². The van der Waals surface area contributed by atoms with Crippen LogP contribution in [0.3, 0.4) is 0 Å². The number of pyridine rings is 1. The summed E-state index contributed by atoms with van der Waals surface area (Å²) in [6, 6.07) is 9.80. The van der Waals surface area contributed by atoms with Crippen LogP contribution in [-0.4, -0.2) is 45.8 Å². The molecular formula is C23H29N3O3. The van der Waals surface area contributed by atoms with Crippen LogP contribution in [0, 0.1) is 12.8 Å². The molecular weight excluding hydrogens is 366 g/mol. The molecule has 3 heterocycles. The van der Waals surface area contributed by atoms with Gasteiger partial charge in [-0.25, -0.2) is 9.80 Å². The number of carboxylic acid groups (broad SMARTS) is 1. The highest BCUT2D eigenvalue weighted by Gasteiger charge is 2.33. The predicted octanol–water partition coefficient (Wildman–Crippen LogP) is 3.56. The molecule has 1 aromatic carbocycles. The Morgan fingerprint density at radius 2 is 1.72 bits per heavy atom. The summed E-state index contributed by atoms with van der Waals surface area (Å²) in [5.41, 5.74) is 4.61. The van der Waals surface area contributed by atoms with Crippen molar-refractivity contribution in [3.05, 3.63) is 69.1 Å². The number of carboxylic acids is 1. The minimum Gasteiger partial charge on any atom is -0.477 e. The van der Waals surface area contributed by atoms with Crippen LogP contribution in [0.1, 0.15) is 48.0 Å². The zero-order valence-corrected chi connectivity index (χ0v) is 17.8. The molecule has 2 aliphatic rings. The maximum absolute atomic E-state index is 12.2. The Morgan fingerprint density at radius 3 is 2.31 bits per heavy atom. The van der Waals surface area contributed by atoms with Gasteiger partial charge in [-0.15, -0.1) is 0 Å². The fraction of sp³-hybridized carbons (Fsp3) is 0.391. The first-order valence-corrected chi connectivity index (χ1v) is 9.96. The van der Waals surface area contributed by atoms with Crippen molar-refractivity contribution in [3.8, 4) is 0 Å². The van der Waals surface area contributed by atoms with E-state index in [0.717, 1.165) is 41.5 Å². The van der Waals surface area contributed by atoms with E-state index in [2.05, 4.69) is 62.0 Å². The van der Waals surface area contributed by atoms with E-state index in [1.807, 2.05) is 11.6 Å². The second kappa shape index (κ2) is 8.25. The molecule has 0 atom stereocenters. The van der Waals surface area contributed by atoms with E-state index in [1.54, 1.807) is 0 Å². The van der Waals surface area contributed by atoms with E-state index in [-0.39, 0.29) is 5.56 Å². The summed E-state index contributed by atoms with van der Waals surface area (Å²) < 4.78 is 1.88.